The van der Waals surface area contributed by atoms with Crippen LogP contribution in [0.15, 0.2) is 23.1 Å². The lowest BCUT2D eigenvalue weighted by Gasteiger charge is -2.23. The van der Waals surface area contributed by atoms with Gasteiger partial charge in [-0.2, -0.15) is 0 Å². The molecule has 0 fully saturated rings. The normalized spacial score (nSPS) is 16.6. The number of rotatable bonds is 5. The Balaban J connectivity index is 2.25. The topological polar surface area (TPSA) is 86.7 Å². The number of hydrogen-bond acceptors (Lipinski definition) is 4. The molecule has 0 saturated carbocycles. The van der Waals surface area contributed by atoms with E-state index < -0.39 is 5.97 Å². The van der Waals surface area contributed by atoms with Gasteiger partial charge in [-0.05, 0) is 31.5 Å². The van der Waals surface area contributed by atoms with Crippen LogP contribution in [-0.2, 0) is 9.59 Å². The highest BCUT2D eigenvalue weighted by Gasteiger charge is 2.25. The third-order valence-electron chi connectivity index (χ3n) is 3.26. The van der Waals surface area contributed by atoms with Crippen LogP contribution in [0.2, 0.25) is 0 Å². The van der Waals surface area contributed by atoms with Crippen molar-refractivity contribution in [2.24, 2.45) is 0 Å². The maximum absolute atomic E-state index is 12.4. The first kappa shape index (κ1) is 16.4. The number of carboxylic acids is 1. The molecule has 2 amide bonds. The average molecular weight is 322 g/mol. The Hall–Kier alpha value is -2.02. The number of benzene rings is 1. The summed E-state index contributed by atoms with van der Waals surface area (Å²) in [5.41, 5.74) is 0.981. The third-order valence-corrected chi connectivity index (χ3v) is 4.44. The minimum atomic E-state index is -1.04. The maximum atomic E-state index is 12.4. The lowest BCUT2D eigenvalue weighted by atomic mass is 10.1. The number of carbonyl (C=O) groups is 3. The summed E-state index contributed by atoms with van der Waals surface area (Å²) in [4.78, 5) is 37.2. The highest BCUT2D eigenvalue weighted by Crippen LogP contribution is 2.36. The fourth-order valence-corrected chi connectivity index (χ4v) is 3.14. The number of nitrogens with one attached hydrogen (secondary N) is 1. The SMILES string of the molecule is CCCN(CC(=O)O)C(=O)c1ccc2c(c1)NC(=O)C(C)S2. The molecule has 0 aliphatic carbocycles. The Morgan fingerprint density at radius 2 is 2.14 bits per heavy atom. The Labute approximate surface area is 132 Å². The van der Waals surface area contributed by atoms with Crippen molar-refractivity contribution in [3.05, 3.63) is 23.8 Å². The molecule has 0 saturated heterocycles. The molecule has 1 aromatic rings. The molecule has 1 heterocycles. The van der Waals surface area contributed by atoms with Crippen LogP contribution in [0, 0.1) is 0 Å². The van der Waals surface area contributed by atoms with E-state index in [2.05, 4.69) is 5.32 Å². The van der Waals surface area contributed by atoms with Crippen LogP contribution in [0.5, 0.6) is 0 Å². The van der Waals surface area contributed by atoms with Crippen LogP contribution >= 0.6 is 11.8 Å². The van der Waals surface area contributed by atoms with E-state index in [1.54, 1.807) is 18.2 Å². The average Bonchev–Trinajstić information content (AvgIpc) is 2.46. The Kier molecular flexibility index (Phi) is 5.07. The van der Waals surface area contributed by atoms with Gasteiger partial charge < -0.3 is 15.3 Å². The van der Waals surface area contributed by atoms with Gasteiger partial charge in [0.15, 0.2) is 0 Å². The zero-order valence-corrected chi connectivity index (χ0v) is 13.3. The molecule has 118 valence electrons. The van der Waals surface area contributed by atoms with Crippen molar-refractivity contribution in [2.75, 3.05) is 18.4 Å². The number of fused-ring (bicyclic) bond motifs is 1. The molecule has 2 N–H and O–H groups in total. The van der Waals surface area contributed by atoms with E-state index in [0.717, 1.165) is 4.90 Å². The Morgan fingerprint density at radius 3 is 2.77 bits per heavy atom. The molecule has 1 aliphatic rings. The molecule has 0 bridgehead atoms. The minimum absolute atomic E-state index is 0.0990. The first-order valence-electron chi connectivity index (χ1n) is 7.05. The molecule has 1 atom stereocenters. The number of anilines is 1. The van der Waals surface area contributed by atoms with Gasteiger partial charge in [-0.3, -0.25) is 14.4 Å². The molecule has 6 nitrogen and oxygen atoms in total. The van der Waals surface area contributed by atoms with E-state index >= 15 is 0 Å². The number of nitrogens with zero attached hydrogens (tertiary/aromatic N) is 1. The molecular formula is C15H18N2O4S. The van der Waals surface area contributed by atoms with Crippen molar-refractivity contribution in [2.45, 2.75) is 30.4 Å². The van der Waals surface area contributed by atoms with Gasteiger partial charge >= 0.3 is 5.97 Å². The van der Waals surface area contributed by atoms with Gasteiger partial charge in [0.25, 0.3) is 5.91 Å². The summed E-state index contributed by atoms with van der Waals surface area (Å²) in [6.45, 7) is 3.74. The van der Waals surface area contributed by atoms with Crippen LogP contribution in [0.4, 0.5) is 5.69 Å². The number of hydrogen-bond donors (Lipinski definition) is 2. The summed E-state index contributed by atoms with van der Waals surface area (Å²) in [5, 5.41) is 11.5. The summed E-state index contributed by atoms with van der Waals surface area (Å²) >= 11 is 1.44. The molecule has 22 heavy (non-hydrogen) atoms. The van der Waals surface area contributed by atoms with E-state index in [9.17, 15) is 14.4 Å². The van der Waals surface area contributed by atoms with Crippen LogP contribution < -0.4 is 5.32 Å². The van der Waals surface area contributed by atoms with E-state index in [-0.39, 0.29) is 23.6 Å². The summed E-state index contributed by atoms with van der Waals surface area (Å²) in [7, 11) is 0. The molecule has 0 radical (unpaired) electrons. The zero-order chi connectivity index (χ0) is 16.3. The van der Waals surface area contributed by atoms with Gasteiger partial charge in [0, 0.05) is 17.0 Å². The van der Waals surface area contributed by atoms with Crippen molar-refractivity contribution in [1.82, 2.24) is 4.90 Å². The van der Waals surface area contributed by atoms with Crippen molar-refractivity contribution >= 4 is 35.2 Å². The number of aliphatic carboxylic acids is 1. The lowest BCUT2D eigenvalue weighted by molar-refractivity contribution is -0.137. The second-order valence-corrected chi connectivity index (χ2v) is 6.46. The van der Waals surface area contributed by atoms with E-state index in [0.29, 0.717) is 24.2 Å². The Morgan fingerprint density at radius 1 is 1.41 bits per heavy atom. The van der Waals surface area contributed by atoms with Crippen molar-refractivity contribution in [1.29, 1.82) is 0 Å². The first-order chi connectivity index (χ1) is 10.4. The highest BCUT2D eigenvalue weighted by molar-refractivity contribution is 8.00. The fraction of sp³-hybridized carbons (Fsp3) is 0.400. The number of amides is 2. The third kappa shape index (κ3) is 3.59. The van der Waals surface area contributed by atoms with Gasteiger partial charge in [-0.1, -0.05) is 6.92 Å². The lowest BCUT2D eigenvalue weighted by Crippen LogP contribution is -2.36. The standard InChI is InChI=1S/C15H18N2O4S/c1-3-6-17(8-13(18)19)15(21)10-4-5-12-11(7-10)16-14(20)9(2)22-12/h4-5,7,9H,3,6,8H2,1-2H3,(H,16,20)(H,18,19). The molecule has 1 aliphatic heterocycles. The summed E-state index contributed by atoms with van der Waals surface area (Å²) in [6, 6.07) is 5.07. The van der Waals surface area contributed by atoms with Gasteiger partial charge in [0.2, 0.25) is 5.91 Å². The molecule has 0 aromatic heterocycles. The van der Waals surface area contributed by atoms with Crippen LogP contribution in [-0.4, -0.2) is 46.1 Å². The van der Waals surface area contributed by atoms with Crippen LogP contribution in [0.1, 0.15) is 30.6 Å². The molecule has 7 heteroatoms. The first-order valence-corrected chi connectivity index (χ1v) is 7.93. The largest absolute Gasteiger partial charge is 0.480 e. The number of carboxylic acid groups (broad SMARTS) is 1. The maximum Gasteiger partial charge on any atom is 0.323 e. The predicted molar refractivity (Wildman–Crippen MR) is 84.2 cm³/mol. The fourth-order valence-electron chi connectivity index (χ4n) is 2.21. The van der Waals surface area contributed by atoms with Gasteiger partial charge in [0.05, 0.1) is 10.9 Å². The van der Waals surface area contributed by atoms with Crippen molar-refractivity contribution < 1.29 is 19.5 Å². The van der Waals surface area contributed by atoms with Crippen LogP contribution in [0.3, 0.4) is 0 Å². The van der Waals surface area contributed by atoms with E-state index in [4.69, 9.17) is 5.11 Å². The minimum Gasteiger partial charge on any atom is -0.480 e. The molecule has 2 rings (SSSR count). The number of carbonyl (C=O) groups excluding carboxylic acids is 2. The number of thioether (sulfide) groups is 1. The summed E-state index contributed by atoms with van der Waals surface area (Å²) in [6.07, 6.45) is 0.675. The molecule has 0 spiro atoms. The van der Waals surface area contributed by atoms with Crippen molar-refractivity contribution in [3.63, 3.8) is 0 Å². The smallest absolute Gasteiger partial charge is 0.323 e. The molecular weight excluding hydrogens is 304 g/mol. The van der Waals surface area contributed by atoms with Crippen LogP contribution in [0.25, 0.3) is 0 Å². The van der Waals surface area contributed by atoms with Gasteiger partial charge in [-0.15, -0.1) is 11.8 Å². The van der Waals surface area contributed by atoms with E-state index in [1.165, 1.54) is 16.7 Å². The summed E-state index contributed by atoms with van der Waals surface area (Å²) < 4.78 is 0. The predicted octanol–water partition coefficient (Wildman–Crippen LogP) is 2.06. The quantitative estimate of drug-likeness (QED) is 0.866. The summed E-state index contributed by atoms with van der Waals surface area (Å²) in [5.74, 6) is -1.49. The second kappa shape index (κ2) is 6.83. The zero-order valence-electron chi connectivity index (χ0n) is 12.5. The van der Waals surface area contributed by atoms with Gasteiger partial charge in [0.1, 0.15) is 6.54 Å². The highest BCUT2D eigenvalue weighted by atomic mass is 32.2. The van der Waals surface area contributed by atoms with Crippen molar-refractivity contribution in [3.8, 4) is 0 Å². The Bertz CT molecular complexity index is 618. The van der Waals surface area contributed by atoms with E-state index in [1.807, 2.05) is 13.8 Å². The molecule has 1 unspecified atom stereocenters. The monoisotopic (exact) mass is 322 g/mol. The molecule has 1 aromatic carbocycles. The van der Waals surface area contributed by atoms with Gasteiger partial charge in [-0.25, -0.2) is 0 Å². The second-order valence-electron chi connectivity index (χ2n) is 5.08.